The lowest BCUT2D eigenvalue weighted by Gasteiger charge is -2.11. The maximum atomic E-state index is 11.4. The molecule has 1 aromatic carbocycles. The van der Waals surface area contributed by atoms with Gasteiger partial charge in [0.1, 0.15) is 0 Å². The third-order valence-electron chi connectivity index (χ3n) is 3.73. The molecule has 4 nitrogen and oxygen atoms in total. The van der Waals surface area contributed by atoms with E-state index in [1.54, 1.807) is 18.2 Å². The summed E-state index contributed by atoms with van der Waals surface area (Å²) in [6, 6.07) is 5.15. The Morgan fingerprint density at radius 2 is 2.22 bits per heavy atom. The first-order valence-electron chi connectivity index (χ1n) is 6.16. The molecule has 0 heterocycles. The summed E-state index contributed by atoms with van der Waals surface area (Å²) in [6.45, 7) is 5.41. The molecule has 0 saturated heterocycles. The lowest BCUT2D eigenvalue weighted by Crippen LogP contribution is -2.10. The Bertz CT molecular complexity index is 469. The first kappa shape index (κ1) is 12.7. The normalized spacial score (nSPS) is 20.3. The first-order chi connectivity index (χ1) is 8.44. The molecule has 3 N–H and O–H groups in total. The maximum absolute atomic E-state index is 11.4. The second kappa shape index (κ2) is 4.52. The second-order valence-corrected chi connectivity index (χ2v) is 5.56. The first-order valence-corrected chi connectivity index (χ1v) is 6.16. The summed E-state index contributed by atoms with van der Waals surface area (Å²) in [5, 5.41) is 3.32. The van der Waals surface area contributed by atoms with Crippen LogP contribution in [0.3, 0.4) is 0 Å². The zero-order valence-electron chi connectivity index (χ0n) is 11.1. The van der Waals surface area contributed by atoms with E-state index in [1.807, 2.05) is 0 Å². The van der Waals surface area contributed by atoms with Crippen molar-refractivity contribution >= 4 is 17.3 Å². The Labute approximate surface area is 108 Å². The van der Waals surface area contributed by atoms with Crippen molar-refractivity contribution in [2.24, 2.45) is 11.3 Å². The minimum absolute atomic E-state index is 0.343. The zero-order chi connectivity index (χ0) is 13.3. The van der Waals surface area contributed by atoms with Crippen LogP contribution in [0.15, 0.2) is 18.2 Å². The number of nitrogen functional groups attached to an aromatic ring is 1. The van der Waals surface area contributed by atoms with E-state index < -0.39 is 0 Å². The number of anilines is 2. The Balaban J connectivity index is 2.05. The highest BCUT2D eigenvalue weighted by Crippen LogP contribution is 2.51. The molecule has 0 aliphatic heterocycles. The topological polar surface area (TPSA) is 64.3 Å². The van der Waals surface area contributed by atoms with E-state index in [4.69, 9.17) is 10.5 Å². The number of benzene rings is 1. The molecule has 2 rings (SSSR count). The lowest BCUT2D eigenvalue weighted by atomic mass is 10.1. The van der Waals surface area contributed by atoms with Gasteiger partial charge in [0, 0.05) is 6.54 Å². The van der Waals surface area contributed by atoms with Crippen LogP contribution in [0.2, 0.25) is 0 Å². The highest BCUT2D eigenvalue weighted by atomic mass is 16.5. The van der Waals surface area contributed by atoms with Crippen LogP contribution in [0, 0.1) is 11.3 Å². The van der Waals surface area contributed by atoms with E-state index in [-0.39, 0.29) is 5.97 Å². The summed E-state index contributed by atoms with van der Waals surface area (Å²) in [7, 11) is 1.37. The van der Waals surface area contributed by atoms with Crippen LogP contribution in [0.4, 0.5) is 11.4 Å². The van der Waals surface area contributed by atoms with Gasteiger partial charge in [0.25, 0.3) is 0 Å². The predicted octanol–water partition coefficient (Wildman–Crippen LogP) is 2.51. The molecule has 0 bridgehead atoms. The van der Waals surface area contributed by atoms with Crippen molar-refractivity contribution in [3.63, 3.8) is 0 Å². The Kier molecular flexibility index (Phi) is 3.20. The molecule has 1 fully saturated rings. The van der Waals surface area contributed by atoms with Crippen LogP contribution in [0.25, 0.3) is 0 Å². The third-order valence-corrected chi connectivity index (χ3v) is 3.73. The summed E-state index contributed by atoms with van der Waals surface area (Å²) >= 11 is 0. The molecule has 18 heavy (non-hydrogen) atoms. The van der Waals surface area contributed by atoms with Crippen molar-refractivity contribution in [1.82, 2.24) is 0 Å². The van der Waals surface area contributed by atoms with E-state index >= 15 is 0 Å². The van der Waals surface area contributed by atoms with Crippen LogP contribution in [0.5, 0.6) is 0 Å². The highest BCUT2D eigenvalue weighted by molar-refractivity contribution is 5.91. The molecule has 1 aliphatic carbocycles. The monoisotopic (exact) mass is 248 g/mol. The molecule has 98 valence electrons. The molecule has 1 atom stereocenters. The fourth-order valence-corrected chi connectivity index (χ4v) is 2.11. The smallest absolute Gasteiger partial charge is 0.337 e. The Hall–Kier alpha value is -1.71. The van der Waals surface area contributed by atoms with Crippen molar-refractivity contribution in [3.8, 4) is 0 Å². The van der Waals surface area contributed by atoms with Crippen LogP contribution < -0.4 is 11.1 Å². The summed E-state index contributed by atoms with van der Waals surface area (Å²) in [4.78, 5) is 11.4. The number of hydrogen-bond donors (Lipinski definition) is 2. The summed E-state index contributed by atoms with van der Waals surface area (Å²) in [5.74, 6) is 0.337. The molecule has 0 radical (unpaired) electrons. The Morgan fingerprint density at radius 1 is 1.56 bits per heavy atom. The molecule has 1 aliphatic rings. The largest absolute Gasteiger partial charge is 0.465 e. The number of esters is 1. The maximum Gasteiger partial charge on any atom is 0.337 e. The van der Waals surface area contributed by atoms with E-state index in [1.165, 1.54) is 13.5 Å². The molecule has 1 aromatic rings. The average molecular weight is 248 g/mol. The van der Waals surface area contributed by atoms with Gasteiger partial charge in [0.2, 0.25) is 0 Å². The van der Waals surface area contributed by atoms with Crippen LogP contribution in [-0.2, 0) is 4.74 Å². The van der Waals surface area contributed by atoms with Crippen LogP contribution >= 0.6 is 0 Å². The van der Waals surface area contributed by atoms with Crippen molar-refractivity contribution in [2.75, 3.05) is 24.7 Å². The average Bonchev–Trinajstić information content (AvgIpc) is 2.95. The van der Waals surface area contributed by atoms with Gasteiger partial charge in [-0.25, -0.2) is 4.79 Å². The van der Waals surface area contributed by atoms with E-state index in [9.17, 15) is 4.79 Å². The fraction of sp³-hybridized carbons (Fsp3) is 0.500. The predicted molar refractivity (Wildman–Crippen MR) is 72.6 cm³/mol. The minimum atomic E-state index is -0.343. The van der Waals surface area contributed by atoms with E-state index in [0.717, 1.165) is 12.2 Å². The second-order valence-electron chi connectivity index (χ2n) is 5.56. The van der Waals surface area contributed by atoms with Crippen molar-refractivity contribution in [3.05, 3.63) is 23.8 Å². The van der Waals surface area contributed by atoms with Gasteiger partial charge >= 0.3 is 5.97 Å². The van der Waals surface area contributed by atoms with Gasteiger partial charge in [-0.3, -0.25) is 0 Å². The van der Waals surface area contributed by atoms with Crippen molar-refractivity contribution in [2.45, 2.75) is 20.3 Å². The molecule has 0 amide bonds. The number of hydrogen-bond acceptors (Lipinski definition) is 4. The van der Waals surface area contributed by atoms with Gasteiger partial charge in [-0.2, -0.15) is 0 Å². The SMILES string of the molecule is COC(=O)c1ccc(N)c(NCC2CC2(C)C)c1. The highest BCUT2D eigenvalue weighted by Gasteiger charge is 2.44. The molecule has 4 heteroatoms. The summed E-state index contributed by atoms with van der Waals surface area (Å²) in [5.41, 5.74) is 8.30. The van der Waals surface area contributed by atoms with E-state index in [2.05, 4.69) is 19.2 Å². The molecule has 0 aromatic heterocycles. The molecular formula is C14H20N2O2. The van der Waals surface area contributed by atoms with Crippen LogP contribution in [0.1, 0.15) is 30.6 Å². The number of nitrogens with one attached hydrogen (secondary N) is 1. The molecule has 1 saturated carbocycles. The number of carbonyl (C=O) groups excluding carboxylic acids is 1. The number of rotatable bonds is 4. The van der Waals surface area contributed by atoms with Gasteiger partial charge in [-0.1, -0.05) is 13.8 Å². The van der Waals surface area contributed by atoms with Gasteiger partial charge < -0.3 is 15.8 Å². The quantitative estimate of drug-likeness (QED) is 0.634. The number of carbonyl (C=O) groups is 1. The van der Waals surface area contributed by atoms with Crippen molar-refractivity contribution < 1.29 is 9.53 Å². The van der Waals surface area contributed by atoms with Crippen LogP contribution in [-0.4, -0.2) is 19.6 Å². The number of ether oxygens (including phenoxy) is 1. The summed E-state index contributed by atoms with van der Waals surface area (Å²) < 4.78 is 4.69. The van der Waals surface area contributed by atoms with E-state index in [0.29, 0.717) is 22.6 Å². The zero-order valence-corrected chi connectivity index (χ0v) is 11.1. The summed E-state index contributed by atoms with van der Waals surface area (Å²) in [6.07, 6.45) is 1.23. The fourth-order valence-electron chi connectivity index (χ4n) is 2.11. The van der Waals surface area contributed by atoms with Gasteiger partial charge in [0.05, 0.1) is 24.0 Å². The van der Waals surface area contributed by atoms with Gasteiger partial charge in [0.15, 0.2) is 0 Å². The Morgan fingerprint density at radius 3 is 2.78 bits per heavy atom. The molecule has 1 unspecified atom stereocenters. The molecule has 0 spiro atoms. The number of nitrogens with two attached hydrogens (primary N) is 1. The van der Waals surface area contributed by atoms with Gasteiger partial charge in [-0.15, -0.1) is 0 Å². The third kappa shape index (κ3) is 2.58. The standard InChI is InChI=1S/C14H20N2O2/c1-14(2)7-10(14)8-16-12-6-9(13(17)18-3)4-5-11(12)15/h4-6,10,16H,7-8,15H2,1-3H3. The van der Waals surface area contributed by atoms with Gasteiger partial charge in [-0.05, 0) is 36.0 Å². The molecular weight excluding hydrogens is 228 g/mol. The minimum Gasteiger partial charge on any atom is -0.465 e. The van der Waals surface area contributed by atoms with Crippen molar-refractivity contribution in [1.29, 1.82) is 0 Å². The number of methoxy groups -OCH3 is 1. The lowest BCUT2D eigenvalue weighted by molar-refractivity contribution is 0.0601.